The van der Waals surface area contributed by atoms with Crippen LogP contribution in [0.25, 0.3) is 10.8 Å². The first kappa shape index (κ1) is 18.5. The number of hydrogen-bond acceptors (Lipinski definition) is 2. The summed E-state index contributed by atoms with van der Waals surface area (Å²) in [6.07, 6.45) is -4.36. The van der Waals surface area contributed by atoms with Crippen molar-refractivity contribution in [3.63, 3.8) is 0 Å². The van der Waals surface area contributed by atoms with Gasteiger partial charge in [-0.3, -0.25) is 4.79 Å². The molecule has 3 nitrogen and oxygen atoms in total. The summed E-state index contributed by atoms with van der Waals surface area (Å²) in [6.45, 7) is 1.04. The van der Waals surface area contributed by atoms with Crippen molar-refractivity contribution in [3.05, 3.63) is 77.9 Å². The molecule has 6 heteroatoms. The van der Waals surface area contributed by atoms with Gasteiger partial charge in [-0.1, -0.05) is 48.5 Å². The first-order valence-electron chi connectivity index (χ1n) is 9.10. The molecule has 1 aliphatic heterocycles. The summed E-state index contributed by atoms with van der Waals surface area (Å²) in [4.78, 5) is 12.9. The monoisotopic (exact) mass is 384 g/mol. The fourth-order valence-corrected chi connectivity index (χ4v) is 3.78. The first-order chi connectivity index (χ1) is 13.4. The van der Waals surface area contributed by atoms with E-state index in [1.165, 1.54) is 12.1 Å². The van der Waals surface area contributed by atoms with Gasteiger partial charge in [0.15, 0.2) is 0 Å². The summed E-state index contributed by atoms with van der Waals surface area (Å²) in [5, 5.41) is 8.18. The molecule has 3 aromatic carbocycles. The average molecular weight is 384 g/mol. The lowest BCUT2D eigenvalue weighted by molar-refractivity contribution is -0.137. The zero-order valence-corrected chi connectivity index (χ0v) is 15.0. The Balaban J connectivity index is 1.55. The van der Waals surface area contributed by atoms with Gasteiger partial charge in [0.1, 0.15) is 0 Å². The molecule has 1 amide bonds. The third-order valence-corrected chi connectivity index (χ3v) is 5.26. The van der Waals surface area contributed by atoms with E-state index < -0.39 is 11.7 Å². The predicted octanol–water partition coefficient (Wildman–Crippen LogP) is 4.80. The van der Waals surface area contributed by atoms with Crippen molar-refractivity contribution < 1.29 is 18.0 Å². The topological polar surface area (TPSA) is 41.1 Å². The van der Waals surface area contributed by atoms with Crippen molar-refractivity contribution in [2.45, 2.75) is 12.1 Å². The maximum Gasteiger partial charge on any atom is 0.416 e. The van der Waals surface area contributed by atoms with Gasteiger partial charge >= 0.3 is 6.18 Å². The van der Waals surface area contributed by atoms with Crippen LogP contribution in [0.5, 0.6) is 0 Å². The maximum absolute atomic E-state index is 12.9. The molecule has 0 saturated carbocycles. The minimum Gasteiger partial charge on any atom is -0.325 e. The molecule has 0 bridgehead atoms. The quantitative estimate of drug-likeness (QED) is 0.681. The highest BCUT2D eigenvalue weighted by molar-refractivity contribution is 6.03. The summed E-state index contributed by atoms with van der Waals surface area (Å²) in [7, 11) is 0. The van der Waals surface area contributed by atoms with E-state index in [1.54, 1.807) is 0 Å². The highest BCUT2D eigenvalue weighted by atomic mass is 19.4. The molecule has 4 rings (SSSR count). The Labute approximate surface area is 160 Å². The molecular formula is C22H19F3N2O. The van der Waals surface area contributed by atoms with Gasteiger partial charge in [-0.25, -0.2) is 0 Å². The zero-order valence-electron chi connectivity index (χ0n) is 15.0. The van der Waals surface area contributed by atoms with Gasteiger partial charge in [-0.05, 0) is 29.1 Å². The fourth-order valence-electron chi connectivity index (χ4n) is 3.78. The third kappa shape index (κ3) is 3.60. The summed E-state index contributed by atoms with van der Waals surface area (Å²) in [5.41, 5.74) is 0.788. The predicted molar refractivity (Wildman–Crippen MR) is 103 cm³/mol. The Morgan fingerprint density at radius 3 is 2.39 bits per heavy atom. The molecule has 144 valence electrons. The van der Waals surface area contributed by atoms with Crippen molar-refractivity contribution in [2.75, 3.05) is 18.4 Å². The van der Waals surface area contributed by atoms with E-state index in [0.29, 0.717) is 13.1 Å². The minimum atomic E-state index is -4.36. The number of fused-ring (bicyclic) bond motifs is 1. The van der Waals surface area contributed by atoms with Gasteiger partial charge in [0, 0.05) is 30.1 Å². The van der Waals surface area contributed by atoms with E-state index in [2.05, 4.69) is 10.6 Å². The van der Waals surface area contributed by atoms with Crippen molar-refractivity contribution in [2.24, 2.45) is 5.92 Å². The van der Waals surface area contributed by atoms with Gasteiger partial charge in [-0.2, -0.15) is 13.2 Å². The van der Waals surface area contributed by atoms with Crippen LogP contribution < -0.4 is 10.6 Å². The molecule has 2 N–H and O–H groups in total. The van der Waals surface area contributed by atoms with Crippen LogP contribution in [0.2, 0.25) is 0 Å². The molecule has 1 aliphatic rings. The van der Waals surface area contributed by atoms with Crippen LogP contribution in [0.4, 0.5) is 18.9 Å². The van der Waals surface area contributed by atoms with Gasteiger partial charge < -0.3 is 10.6 Å². The number of halogens is 3. The molecule has 1 fully saturated rings. The van der Waals surface area contributed by atoms with Gasteiger partial charge in [-0.15, -0.1) is 0 Å². The largest absolute Gasteiger partial charge is 0.416 e. The lowest BCUT2D eigenvalue weighted by Gasteiger charge is -2.20. The molecule has 0 spiro atoms. The third-order valence-electron chi connectivity index (χ3n) is 5.26. The van der Waals surface area contributed by atoms with Crippen LogP contribution in [-0.2, 0) is 11.0 Å². The van der Waals surface area contributed by atoms with Gasteiger partial charge in [0.2, 0.25) is 5.91 Å². The van der Waals surface area contributed by atoms with Crippen molar-refractivity contribution in [1.82, 2.24) is 5.32 Å². The van der Waals surface area contributed by atoms with Crippen molar-refractivity contribution >= 4 is 22.4 Å². The van der Waals surface area contributed by atoms with Crippen LogP contribution in [0.15, 0.2) is 66.7 Å². The lowest BCUT2D eigenvalue weighted by Crippen LogP contribution is -2.28. The summed E-state index contributed by atoms with van der Waals surface area (Å²) >= 11 is 0. The van der Waals surface area contributed by atoms with Crippen molar-refractivity contribution in [1.29, 1.82) is 0 Å². The second kappa shape index (κ2) is 7.28. The highest BCUT2D eigenvalue weighted by Crippen LogP contribution is 2.34. The van der Waals surface area contributed by atoms with E-state index in [1.807, 2.05) is 42.5 Å². The number of hydrogen-bond donors (Lipinski definition) is 2. The number of rotatable bonds is 3. The van der Waals surface area contributed by atoms with Gasteiger partial charge in [0.25, 0.3) is 0 Å². The van der Waals surface area contributed by atoms with Crippen LogP contribution >= 0.6 is 0 Å². The second-order valence-electron chi connectivity index (χ2n) is 7.01. The number of nitrogens with one attached hydrogen (secondary N) is 2. The SMILES string of the molecule is O=C(Nc1cccc2ccccc12)C1CNCC1c1ccc(C(F)(F)F)cc1. The molecule has 0 aliphatic carbocycles. The highest BCUT2D eigenvalue weighted by Gasteiger charge is 2.35. The molecule has 1 heterocycles. The Bertz CT molecular complexity index is 993. The fraction of sp³-hybridized carbons (Fsp3) is 0.227. The molecule has 3 aromatic rings. The van der Waals surface area contributed by atoms with Crippen LogP contribution in [0.1, 0.15) is 17.0 Å². The molecule has 2 unspecified atom stereocenters. The van der Waals surface area contributed by atoms with Crippen LogP contribution in [-0.4, -0.2) is 19.0 Å². The Kier molecular flexibility index (Phi) is 4.81. The Morgan fingerprint density at radius 2 is 1.64 bits per heavy atom. The molecule has 2 atom stereocenters. The molecule has 0 aromatic heterocycles. The van der Waals surface area contributed by atoms with Crippen LogP contribution in [0, 0.1) is 5.92 Å². The van der Waals surface area contributed by atoms with Crippen molar-refractivity contribution in [3.8, 4) is 0 Å². The summed E-state index contributed by atoms with van der Waals surface area (Å²) < 4.78 is 38.4. The summed E-state index contributed by atoms with van der Waals surface area (Å²) in [5.74, 6) is -0.654. The Hall–Kier alpha value is -2.86. The number of carbonyl (C=O) groups is 1. The van der Waals surface area contributed by atoms with Crippen LogP contribution in [0.3, 0.4) is 0 Å². The first-order valence-corrected chi connectivity index (χ1v) is 9.10. The van der Waals surface area contributed by atoms with E-state index in [4.69, 9.17) is 0 Å². The van der Waals surface area contributed by atoms with E-state index >= 15 is 0 Å². The molecule has 1 saturated heterocycles. The van der Waals surface area contributed by atoms with E-state index in [-0.39, 0.29) is 17.7 Å². The van der Waals surface area contributed by atoms with E-state index in [0.717, 1.165) is 34.2 Å². The average Bonchev–Trinajstić information content (AvgIpc) is 3.18. The normalized spacial score (nSPS) is 19.7. The molecule has 28 heavy (non-hydrogen) atoms. The minimum absolute atomic E-state index is 0.133. The smallest absolute Gasteiger partial charge is 0.325 e. The number of amides is 1. The summed E-state index contributed by atoms with van der Waals surface area (Å²) in [6, 6.07) is 18.6. The van der Waals surface area contributed by atoms with Gasteiger partial charge in [0.05, 0.1) is 11.5 Å². The standard InChI is InChI=1S/C22H19F3N2O/c23-22(24,25)16-10-8-15(9-11-16)18-12-26-13-19(18)21(28)27-20-7-3-5-14-4-1-2-6-17(14)20/h1-11,18-19,26H,12-13H2,(H,27,28). The van der Waals surface area contributed by atoms with E-state index in [9.17, 15) is 18.0 Å². The number of anilines is 1. The second-order valence-corrected chi connectivity index (χ2v) is 7.01. The lowest BCUT2D eigenvalue weighted by atomic mass is 9.87. The molecular weight excluding hydrogens is 365 g/mol. The zero-order chi connectivity index (χ0) is 19.7. The number of carbonyl (C=O) groups excluding carboxylic acids is 1. The maximum atomic E-state index is 12.9. The molecule has 0 radical (unpaired) electrons. The Morgan fingerprint density at radius 1 is 0.929 bits per heavy atom. The number of benzene rings is 3. The number of alkyl halides is 3.